The number of hydrogen-bond acceptors (Lipinski definition) is 6. The molecule has 2 aromatic carbocycles. The molecule has 0 atom stereocenters. The van der Waals surface area contributed by atoms with Gasteiger partial charge in [0.25, 0.3) is 5.91 Å². The summed E-state index contributed by atoms with van der Waals surface area (Å²) in [7, 11) is 4.84. The molecule has 9 nitrogen and oxygen atoms in total. The second kappa shape index (κ2) is 8.86. The molecule has 4 N–H and O–H groups in total. The molecule has 1 aliphatic rings. The van der Waals surface area contributed by atoms with Crippen molar-refractivity contribution in [2.45, 2.75) is 6.42 Å². The summed E-state index contributed by atoms with van der Waals surface area (Å²) in [6, 6.07) is 11.5. The highest BCUT2D eigenvalue weighted by Crippen LogP contribution is 2.39. The lowest BCUT2D eigenvalue weighted by atomic mass is 10.0. The zero-order valence-corrected chi connectivity index (χ0v) is 19.1. The highest BCUT2D eigenvalue weighted by molar-refractivity contribution is 6.37. The Morgan fingerprint density at radius 3 is 2.62 bits per heavy atom. The molecule has 9 heteroatoms. The summed E-state index contributed by atoms with van der Waals surface area (Å²) in [5, 5.41) is 6.27. The van der Waals surface area contributed by atoms with E-state index in [1.807, 2.05) is 36.4 Å². The highest BCUT2D eigenvalue weighted by atomic mass is 16.5. The Labute approximate surface area is 196 Å². The second-order valence-corrected chi connectivity index (χ2v) is 7.81. The standard InChI is InChI=1S/C25H25N5O4/c1-32-19-9-11-26-18(19)13-15-22-16(28-24(15)31)5-6-17-23(22)30-25(29-17)27-10-8-14-4-7-20(33-2)21(12-14)34-3/h4-7,9,11-13,26H,8,10H2,1-3H3,(H,28,31)(H2,27,29,30)/b15-13-. The number of hydrogen-bond donors (Lipinski definition) is 4. The number of aromatic nitrogens is 3. The number of fused-ring (bicyclic) bond motifs is 3. The van der Waals surface area contributed by atoms with Gasteiger partial charge in [-0.2, -0.15) is 0 Å². The van der Waals surface area contributed by atoms with Crippen molar-refractivity contribution in [1.29, 1.82) is 0 Å². The van der Waals surface area contributed by atoms with Crippen LogP contribution in [0.25, 0.3) is 22.7 Å². The maximum atomic E-state index is 12.7. The van der Waals surface area contributed by atoms with Crippen LogP contribution in [0.2, 0.25) is 0 Å². The van der Waals surface area contributed by atoms with Gasteiger partial charge in [0.05, 0.1) is 43.8 Å². The van der Waals surface area contributed by atoms with Crippen molar-refractivity contribution < 1.29 is 19.0 Å². The monoisotopic (exact) mass is 459 g/mol. The van der Waals surface area contributed by atoms with Crippen LogP contribution in [0.3, 0.4) is 0 Å². The largest absolute Gasteiger partial charge is 0.495 e. The van der Waals surface area contributed by atoms with E-state index < -0.39 is 0 Å². The number of H-pyrrole nitrogens is 2. The average Bonchev–Trinajstić information content (AvgIpc) is 3.56. The minimum Gasteiger partial charge on any atom is -0.495 e. The first kappa shape index (κ1) is 21.4. The highest BCUT2D eigenvalue weighted by Gasteiger charge is 2.28. The van der Waals surface area contributed by atoms with E-state index in [2.05, 4.69) is 20.6 Å². The molecule has 1 aliphatic heterocycles. The van der Waals surface area contributed by atoms with Gasteiger partial charge >= 0.3 is 0 Å². The smallest absolute Gasteiger partial charge is 0.256 e. The molecule has 0 aliphatic carbocycles. The van der Waals surface area contributed by atoms with E-state index in [1.165, 1.54) is 0 Å². The number of benzene rings is 2. The summed E-state index contributed by atoms with van der Waals surface area (Å²) in [5.74, 6) is 2.54. The van der Waals surface area contributed by atoms with Gasteiger partial charge in [-0.05, 0) is 48.4 Å². The Balaban J connectivity index is 1.39. The zero-order chi connectivity index (χ0) is 23.7. The lowest BCUT2D eigenvalue weighted by molar-refractivity contribution is -0.110. The molecule has 3 heterocycles. The van der Waals surface area contributed by atoms with E-state index in [-0.39, 0.29) is 5.91 Å². The van der Waals surface area contributed by atoms with E-state index in [0.29, 0.717) is 35.3 Å². The Morgan fingerprint density at radius 2 is 1.82 bits per heavy atom. The van der Waals surface area contributed by atoms with E-state index in [4.69, 9.17) is 19.2 Å². The fourth-order valence-corrected chi connectivity index (χ4v) is 4.14. The molecular weight excluding hydrogens is 434 g/mol. The van der Waals surface area contributed by atoms with E-state index in [9.17, 15) is 4.79 Å². The van der Waals surface area contributed by atoms with Crippen LogP contribution in [0.1, 0.15) is 16.8 Å². The van der Waals surface area contributed by atoms with Crippen molar-refractivity contribution in [2.24, 2.45) is 0 Å². The summed E-state index contributed by atoms with van der Waals surface area (Å²) < 4.78 is 16.0. The molecule has 0 spiro atoms. The number of nitrogens with zero attached hydrogens (tertiary/aromatic N) is 1. The number of nitrogens with one attached hydrogen (secondary N) is 4. The summed E-state index contributed by atoms with van der Waals surface area (Å²) in [6.07, 6.45) is 4.33. The third-order valence-corrected chi connectivity index (χ3v) is 5.82. The van der Waals surface area contributed by atoms with E-state index >= 15 is 0 Å². The van der Waals surface area contributed by atoms with Crippen LogP contribution >= 0.6 is 0 Å². The Kier molecular flexibility index (Phi) is 5.59. The maximum absolute atomic E-state index is 12.7. The molecule has 0 saturated heterocycles. The van der Waals surface area contributed by atoms with Gasteiger partial charge in [0.2, 0.25) is 5.95 Å². The van der Waals surface area contributed by atoms with E-state index in [0.717, 1.165) is 40.0 Å². The Morgan fingerprint density at radius 1 is 1.00 bits per heavy atom. The molecule has 0 bridgehead atoms. The molecule has 0 unspecified atom stereocenters. The Bertz CT molecular complexity index is 1400. The van der Waals surface area contributed by atoms with Gasteiger partial charge < -0.3 is 34.8 Å². The summed E-state index contributed by atoms with van der Waals surface area (Å²) in [4.78, 5) is 23.9. The van der Waals surface area contributed by atoms with Gasteiger partial charge in [-0.25, -0.2) is 4.98 Å². The first-order chi connectivity index (χ1) is 16.6. The van der Waals surface area contributed by atoms with Gasteiger partial charge in [-0.15, -0.1) is 0 Å². The molecule has 0 fully saturated rings. The van der Waals surface area contributed by atoms with Crippen LogP contribution in [-0.2, 0) is 11.2 Å². The minimum atomic E-state index is -0.176. The third kappa shape index (κ3) is 3.81. The minimum absolute atomic E-state index is 0.176. The summed E-state index contributed by atoms with van der Waals surface area (Å²) in [5.41, 5.74) is 5.43. The van der Waals surface area contributed by atoms with Crippen LogP contribution < -0.4 is 24.8 Å². The number of imidazole rings is 1. The van der Waals surface area contributed by atoms with Crippen molar-refractivity contribution >= 4 is 40.2 Å². The topological polar surface area (TPSA) is 113 Å². The molecule has 5 rings (SSSR count). The number of amides is 1. The molecule has 34 heavy (non-hydrogen) atoms. The second-order valence-electron chi connectivity index (χ2n) is 7.81. The number of carbonyl (C=O) groups is 1. The average molecular weight is 460 g/mol. The van der Waals surface area contributed by atoms with Gasteiger partial charge in [-0.1, -0.05) is 6.07 Å². The van der Waals surface area contributed by atoms with Crippen molar-refractivity contribution in [2.75, 3.05) is 38.5 Å². The molecule has 0 radical (unpaired) electrons. The number of anilines is 2. The van der Waals surface area contributed by atoms with E-state index in [1.54, 1.807) is 33.6 Å². The molecule has 174 valence electrons. The zero-order valence-electron chi connectivity index (χ0n) is 19.1. The first-order valence-electron chi connectivity index (χ1n) is 10.8. The number of methoxy groups -OCH3 is 3. The number of ether oxygens (including phenoxy) is 3. The lowest BCUT2D eigenvalue weighted by Crippen LogP contribution is -2.06. The quantitative estimate of drug-likeness (QED) is 0.296. The molecule has 4 aromatic rings. The van der Waals surface area contributed by atoms with Gasteiger partial charge in [0.1, 0.15) is 11.3 Å². The SMILES string of the molecule is COc1ccc(CCNc2nc3c4c(ccc3[nH]2)NC(=O)/C4=C\c2[nH]ccc2OC)cc1OC. The molecule has 0 saturated carbocycles. The molecular formula is C25H25N5O4. The van der Waals surface area contributed by atoms with Crippen LogP contribution in [-0.4, -0.2) is 48.7 Å². The van der Waals surface area contributed by atoms with Crippen molar-refractivity contribution in [3.63, 3.8) is 0 Å². The fraction of sp³-hybridized carbons (Fsp3) is 0.200. The normalized spacial score (nSPS) is 13.7. The number of aromatic amines is 2. The predicted octanol–water partition coefficient (Wildman–Crippen LogP) is 4.06. The summed E-state index contributed by atoms with van der Waals surface area (Å²) in [6.45, 7) is 0.664. The number of carbonyl (C=O) groups excluding carboxylic acids is 1. The van der Waals surface area contributed by atoms with Gasteiger partial charge in [0.15, 0.2) is 11.5 Å². The van der Waals surface area contributed by atoms with Crippen LogP contribution in [0, 0.1) is 0 Å². The van der Waals surface area contributed by atoms with Crippen LogP contribution in [0.5, 0.6) is 17.2 Å². The van der Waals surface area contributed by atoms with Crippen molar-refractivity contribution in [1.82, 2.24) is 15.0 Å². The van der Waals surface area contributed by atoms with Crippen molar-refractivity contribution in [3.05, 3.63) is 59.4 Å². The predicted molar refractivity (Wildman–Crippen MR) is 132 cm³/mol. The summed E-state index contributed by atoms with van der Waals surface area (Å²) >= 11 is 0. The fourth-order valence-electron chi connectivity index (χ4n) is 4.14. The van der Waals surface area contributed by atoms with Gasteiger partial charge in [0, 0.05) is 18.3 Å². The third-order valence-electron chi connectivity index (χ3n) is 5.82. The number of rotatable bonds is 8. The molecule has 1 amide bonds. The Hall–Kier alpha value is -4.40. The first-order valence-corrected chi connectivity index (χ1v) is 10.8. The van der Waals surface area contributed by atoms with Crippen LogP contribution in [0.15, 0.2) is 42.6 Å². The van der Waals surface area contributed by atoms with Gasteiger partial charge in [-0.3, -0.25) is 4.79 Å². The van der Waals surface area contributed by atoms with Crippen LogP contribution in [0.4, 0.5) is 11.6 Å². The maximum Gasteiger partial charge on any atom is 0.256 e. The molecule has 2 aromatic heterocycles. The lowest BCUT2D eigenvalue weighted by Gasteiger charge is -2.09. The van der Waals surface area contributed by atoms with Crippen molar-refractivity contribution in [3.8, 4) is 17.2 Å².